The van der Waals surface area contributed by atoms with Crippen molar-refractivity contribution in [1.29, 1.82) is 0 Å². The first-order chi connectivity index (χ1) is 13.7. The first kappa shape index (κ1) is 19.2. The third kappa shape index (κ3) is 4.47. The number of aryl methyl sites for hydroxylation is 3. The van der Waals surface area contributed by atoms with Gasteiger partial charge >= 0.3 is 0 Å². The smallest absolute Gasteiger partial charge is 0.260 e. The summed E-state index contributed by atoms with van der Waals surface area (Å²) in [6.07, 6.45) is 6.19. The van der Waals surface area contributed by atoms with E-state index >= 15 is 0 Å². The largest absolute Gasteiger partial charge is 0.355 e. The molecule has 0 fully saturated rings. The molecule has 7 heteroatoms. The highest BCUT2D eigenvalue weighted by Gasteiger charge is 2.20. The van der Waals surface area contributed by atoms with Gasteiger partial charge in [0, 0.05) is 11.4 Å². The molecule has 2 aromatic heterocycles. The van der Waals surface area contributed by atoms with Crippen molar-refractivity contribution in [1.82, 2.24) is 15.3 Å². The van der Waals surface area contributed by atoms with Crippen LogP contribution in [-0.4, -0.2) is 28.2 Å². The highest BCUT2D eigenvalue weighted by atomic mass is 32.2. The quantitative estimate of drug-likeness (QED) is 0.352. The SMILES string of the molecule is O=C(CSc1nc2sc3c(c2c(=O)[nH]1)CCCC3)NCCCc1ccccc1. The third-order valence-corrected chi connectivity index (χ3v) is 7.01. The van der Waals surface area contributed by atoms with Gasteiger partial charge < -0.3 is 10.3 Å². The summed E-state index contributed by atoms with van der Waals surface area (Å²) in [6, 6.07) is 10.2. The number of nitrogens with zero attached hydrogens (tertiary/aromatic N) is 1. The lowest BCUT2D eigenvalue weighted by Crippen LogP contribution is -2.26. The fourth-order valence-corrected chi connectivity index (χ4v) is 5.57. The van der Waals surface area contributed by atoms with E-state index in [9.17, 15) is 9.59 Å². The Kier molecular flexibility index (Phi) is 6.12. The van der Waals surface area contributed by atoms with Crippen LogP contribution in [0.25, 0.3) is 10.2 Å². The predicted molar refractivity (Wildman–Crippen MR) is 115 cm³/mol. The minimum absolute atomic E-state index is 0.0359. The molecule has 5 nitrogen and oxygen atoms in total. The van der Waals surface area contributed by atoms with Crippen LogP contribution in [0.5, 0.6) is 0 Å². The summed E-state index contributed by atoms with van der Waals surface area (Å²) in [6.45, 7) is 0.648. The molecule has 0 atom stereocenters. The Balaban J connectivity index is 1.30. The van der Waals surface area contributed by atoms with Gasteiger partial charge in [0.05, 0.1) is 11.1 Å². The van der Waals surface area contributed by atoms with Crippen LogP contribution >= 0.6 is 23.1 Å². The van der Waals surface area contributed by atoms with E-state index < -0.39 is 0 Å². The second-order valence-corrected chi connectivity index (χ2v) is 9.04. The fourth-order valence-electron chi connectivity index (χ4n) is 3.56. The van der Waals surface area contributed by atoms with Crippen LogP contribution in [0.4, 0.5) is 0 Å². The molecule has 1 aliphatic carbocycles. The lowest BCUT2D eigenvalue weighted by atomic mass is 9.97. The first-order valence-electron chi connectivity index (χ1n) is 9.68. The fraction of sp³-hybridized carbons (Fsp3) is 0.381. The zero-order chi connectivity index (χ0) is 19.3. The number of rotatable bonds is 7. The van der Waals surface area contributed by atoms with Gasteiger partial charge in [-0.25, -0.2) is 4.98 Å². The second kappa shape index (κ2) is 8.92. The van der Waals surface area contributed by atoms with Crippen LogP contribution in [0, 0.1) is 0 Å². The highest BCUT2D eigenvalue weighted by Crippen LogP contribution is 2.34. The zero-order valence-electron chi connectivity index (χ0n) is 15.6. The Labute approximate surface area is 172 Å². The molecule has 0 unspecified atom stereocenters. The molecule has 0 bridgehead atoms. The van der Waals surface area contributed by atoms with Crippen molar-refractivity contribution in [3.63, 3.8) is 0 Å². The van der Waals surface area contributed by atoms with Crippen LogP contribution in [0.15, 0.2) is 40.3 Å². The van der Waals surface area contributed by atoms with Gasteiger partial charge in [-0.3, -0.25) is 9.59 Å². The van der Waals surface area contributed by atoms with E-state index in [0.29, 0.717) is 11.7 Å². The Morgan fingerprint density at radius 2 is 2.04 bits per heavy atom. The van der Waals surface area contributed by atoms with Gasteiger partial charge in [-0.05, 0) is 49.7 Å². The maximum absolute atomic E-state index is 12.5. The molecule has 146 valence electrons. The average Bonchev–Trinajstić information content (AvgIpc) is 3.09. The Hall–Kier alpha value is -2.12. The number of aromatic amines is 1. The molecular formula is C21H23N3O2S2. The third-order valence-electron chi connectivity index (χ3n) is 4.95. The molecule has 1 aliphatic rings. The van der Waals surface area contributed by atoms with Gasteiger partial charge in [-0.15, -0.1) is 11.3 Å². The van der Waals surface area contributed by atoms with Gasteiger partial charge in [-0.2, -0.15) is 0 Å². The minimum atomic E-state index is -0.0739. The van der Waals surface area contributed by atoms with E-state index in [0.717, 1.165) is 42.3 Å². The molecule has 28 heavy (non-hydrogen) atoms. The van der Waals surface area contributed by atoms with Crippen LogP contribution in [-0.2, 0) is 24.1 Å². The monoisotopic (exact) mass is 413 g/mol. The van der Waals surface area contributed by atoms with Gasteiger partial charge in [0.2, 0.25) is 5.91 Å². The van der Waals surface area contributed by atoms with Gasteiger partial charge in [0.1, 0.15) is 4.83 Å². The number of thiophene rings is 1. The summed E-state index contributed by atoms with van der Waals surface area (Å²) in [4.78, 5) is 34.2. The van der Waals surface area contributed by atoms with E-state index in [4.69, 9.17) is 0 Å². The van der Waals surface area contributed by atoms with Crippen molar-refractivity contribution in [3.05, 3.63) is 56.7 Å². The van der Waals surface area contributed by atoms with Crippen molar-refractivity contribution in [2.75, 3.05) is 12.3 Å². The van der Waals surface area contributed by atoms with Crippen molar-refractivity contribution in [2.45, 2.75) is 43.7 Å². The van der Waals surface area contributed by atoms with Crippen molar-refractivity contribution < 1.29 is 4.79 Å². The molecule has 1 aromatic carbocycles. The molecular weight excluding hydrogens is 390 g/mol. The van der Waals surface area contributed by atoms with E-state index in [1.165, 1.54) is 34.2 Å². The van der Waals surface area contributed by atoms with Crippen LogP contribution in [0.1, 0.15) is 35.3 Å². The van der Waals surface area contributed by atoms with Crippen molar-refractivity contribution in [2.24, 2.45) is 0 Å². The highest BCUT2D eigenvalue weighted by molar-refractivity contribution is 7.99. The van der Waals surface area contributed by atoms with E-state index in [1.807, 2.05) is 18.2 Å². The number of amides is 1. The summed E-state index contributed by atoms with van der Waals surface area (Å²) in [5.41, 5.74) is 2.39. The summed E-state index contributed by atoms with van der Waals surface area (Å²) in [7, 11) is 0. The number of thioether (sulfide) groups is 1. The number of hydrogen-bond donors (Lipinski definition) is 2. The van der Waals surface area contributed by atoms with Crippen molar-refractivity contribution >= 4 is 39.2 Å². The number of carbonyl (C=O) groups is 1. The predicted octanol–water partition coefficient (Wildman–Crippen LogP) is 3.70. The number of carbonyl (C=O) groups excluding carboxylic acids is 1. The molecule has 4 rings (SSSR count). The number of fused-ring (bicyclic) bond motifs is 3. The molecule has 0 radical (unpaired) electrons. The molecule has 2 N–H and O–H groups in total. The van der Waals surface area contributed by atoms with Crippen LogP contribution in [0.2, 0.25) is 0 Å². The normalized spacial score (nSPS) is 13.4. The Bertz CT molecular complexity index is 1030. The summed E-state index contributed by atoms with van der Waals surface area (Å²) >= 11 is 2.92. The molecule has 0 aliphatic heterocycles. The molecule has 0 saturated heterocycles. The van der Waals surface area contributed by atoms with E-state index in [-0.39, 0.29) is 17.2 Å². The Morgan fingerprint density at radius 1 is 1.21 bits per heavy atom. The van der Waals surface area contributed by atoms with Crippen LogP contribution in [0.3, 0.4) is 0 Å². The molecule has 0 saturated carbocycles. The topological polar surface area (TPSA) is 74.8 Å². The molecule has 1 amide bonds. The summed E-state index contributed by atoms with van der Waals surface area (Å²) < 4.78 is 0. The lowest BCUT2D eigenvalue weighted by molar-refractivity contribution is -0.118. The lowest BCUT2D eigenvalue weighted by Gasteiger charge is -2.09. The van der Waals surface area contributed by atoms with E-state index in [2.05, 4.69) is 27.4 Å². The minimum Gasteiger partial charge on any atom is -0.355 e. The van der Waals surface area contributed by atoms with Gasteiger partial charge in [0.25, 0.3) is 5.56 Å². The van der Waals surface area contributed by atoms with E-state index in [1.54, 1.807) is 11.3 Å². The van der Waals surface area contributed by atoms with Crippen LogP contribution < -0.4 is 10.9 Å². The maximum Gasteiger partial charge on any atom is 0.260 e. The summed E-state index contributed by atoms with van der Waals surface area (Å²) in [5.74, 6) is 0.219. The molecule has 0 spiro atoms. The maximum atomic E-state index is 12.5. The average molecular weight is 414 g/mol. The summed E-state index contributed by atoms with van der Waals surface area (Å²) in [5, 5.41) is 4.22. The van der Waals surface area contributed by atoms with Gasteiger partial charge in [0.15, 0.2) is 5.16 Å². The molecule has 3 aromatic rings. The number of hydrogen-bond acceptors (Lipinski definition) is 5. The second-order valence-electron chi connectivity index (χ2n) is 6.99. The number of nitrogens with one attached hydrogen (secondary N) is 2. The number of benzene rings is 1. The number of H-pyrrole nitrogens is 1. The zero-order valence-corrected chi connectivity index (χ0v) is 17.3. The Morgan fingerprint density at radius 3 is 2.89 bits per heavy atom. The van der Waals surface area contributed by atoms with Crippen molar-refractivity contribution in [3.8, 4) is 0 Å². The first-order valence-corrected chi connectivity index (χ1v) is 11.5. The standard InChI is InChI=1S/C21H23N3O2S2/c25-17(22-12-6-9-14-7-2-1-3-8-14)13-27-21-23-19(26)18-15-10-4-5-11-16(15)28-20(18)24-21/h1-3,7-8H,4-6,9-13H2,(H,22,25)(H,23,24,26). The number of aromatic nitrogens is 2. The van der Waals surface area contributed by atoms with Gasteiger partial charge in [-0.1, -0.05) is 42.1 Å². The molecule has 2 heterocycles.